The fraction of sp³-hybridized carbons (Fsp3) is 0.222. The van der Waals surface area contributed by atoms with Crippen LogP contribution >= 0.6 is 0 Å². The number of anilines is 1. The Bertz CT molecular complexity index is 872. The van der Waals surface area contributed by atoms with Crippen LogP contribution in [0, 0.1) is 0 Å². The molecule has 120 valence electrons. The van der Waals surface area contributed by atoms with Crippen molar-refractivity contribution >= 4 is 11.7 Å². The first-order chi connectivity index (χ1) is 11.8. The largest absolute Gasteiger partial charge is 0.306 e. The zero-order chi connectivity index (χ0) is 16.4. The Hall–Kier alpha value is -3.02. The standard InChI is InChI=1S/C18H17N5O/c24-18(15-12-21-23-9-2-1-5-16(15)23)22-17-10-13(6-8-20-17)14-4-3-7-19-11-14/h3-4,6-8,10-12H,1-2,5,9H2,(H,20,22,24). The summed E-state index contributed by atoms with van der Waals surface area (Å²) in [5, 5.41) is 7.19. The summed E-state index contributed by atoms with van der Waals surface area (Å²) < 4.78 is 1.93. The zero-order valence-electron chi connectivity index (χ0n) is 13.1. The minimum absolute atomic E-state index is 0.158. The van der Waals surface area contributed by atoms with Gasteiger partial charge in [-0.3, -0.25) is 14.5 Å². The van der Waals surface area contributed by atoms with E-state index in [0.29, 0.717) is 11.4 Å². The maximum Gasteiger partial charge on any atom is 0.260 e. The third-order valence-corrected chi connectivity index (χ3v) is 4.22. The van der Waals surface area contributed by atoms with Gasteiger partial charge in [0.25, 0.3) is 5.91 Å². The summed E-state index contributed by atoms with van der Waals surface area (Å²) in [7, 11) is 0. The van der Waals surface area contributed by atoms with Crippen LogP contribution in [0.3, 0.4) is 0 Å². The van der Waals surface area contributed by atoms with E-state index in [4.69, 9.17) is 0 Å². The SMILES string of the molecule is O=C(Nc1cc(-c2cccnc2)ccn1)c1cnn2c1CCCC2. The number of hydrogen-bond donors (Lipinski definition) is 1. The van der Waals surface area contributed by atoms with Crippen molar-refractivity contribution in [3.8, 4) is 11.1 Å². The Morgan fingerprint density at radius 1 is 1.12 bits per heavy atom. The van der Waals surface area contributed by atoms with Crippen LogP contribution in [0.4, 0.5) is 5.82 Å². The third kappa shape index (κ3) is 2.78. The van der Waals surface area contributed by atoms with Crippen molar-refractivity contribution in [2.75, 3.05) is 5.32 Å². The van der Waals surface area contributed by atoms with Crippen molar-refractivity contribution in [3.05, 3.63) is 60.3 Å². The summed E-state index contributed by atoms with van der Waals surface area (Å²) in [4.78, 5) is 20.9. The van der Waals surface area contributed by atoms with Crippen molar-refractivity contribution in [2.24, 2.45) is 0 Å². The Morgan fingerprint density at radius 3 is 2.96 bits per heavy atom. The van der Waals surface area contributed by atoms with E-state index in [2.05, 4.69) is 20.4 Å². The molecule has 0 saturated heterocycles. The summed E-state index contributed by atoms with van der Waals surface area (Å²) in [5.74, 6) is 0.367. The van der Waals surface area contributed by atoms with Crippen LogP contribution in [0.15, 0.2) is 49.1 Å². The van der Waals surface area contributed by atoms with Gasteiger partial charge >= 0.3 is 0 Å². The molecular formula is C18H17N5O. The molecule has 4 heterocycles. The number of fused-ring (bicyclic) bond motifs is 1. The van der Waals surface area contributed by atoms with Gasteiger partial charge in [-0.15, -0.1) is 0 Å². The second kappa shape index (κ2) is 6.23. The number of rotatable bonds is 3. The maximum atomic E-state index is 12.6. The number of aryl methyl sites for hydroxylation is 1. The van der Waals surface area contributed by atoms with Gasteiger partial charge in [-0.05, 0) is 43.0 Å². The zero-order valence-corrected chi connectivity index (χ0v) is 13.1. The molecule has 3 aromatic heterocycles. The topological polar surface area (TPSA) is 72.7 Å². The first kappa shape index (κ1) is 14.6. The van der Waals surface area contributed by atoms with E-state index in [9.17, 15) is 4.79 Å². The molecule has 6 heteroatoms. The molecule has 3 aromatic rings. The predicted molar refractivity (Wildman–Crippen MR) is 90.6 cm³/mol. The second-order valence-corrected chi connectivity index (χ2v) is 5.81. The molecule has 0 bridgehead atoms. The molecule has 0 fully saturated rings. The van der Waals surface area contributed by atoms with Crippen LogP contribution in [-0.4, -0.2) is 25.7 Å². The highest BCUT2D eigenvalue weighted by Gasteiger charge is 2.20. The number of nitrogens with one attached hydrogen (secondary N) is 1. The highest BCUT2D eigenvalue weighted by molar-refractivity contribution is 6.04. The van der Waals surface area contributed by atoms with Crippen LogP contribution in [0.5, 0.6) is 0 Å². The molecule has 1 amide bonds. The van der Waals surface area contributed by atoms with Crippen molar-refractivity contribution in [3.63, 3.8) is 0 Å². The number of carbonyl (C=O) groups excluding carboxylic acids is 1. The minimum atomic E-state index is -0.158. The van der Waals surface area contributed by atoms with Crippen LogP contribution in [0.2, 0.25) is 0 Å². The van der Waals surface area contributed by atoms with Crippen LogP contribution in [-0.2, 0) is 13.0 Å². The second-order valence-electron chi connectivity index (χ2n) is 5.81. The van der Waals surface area contributed by atoms with Gasteiger partial charge in [0.05, 0.1) is 17.5 Å². The first-order valence-corrected chi connectivity index (χ1v) is 8.04. The van der Waals surface area contributed by atoms with E-state index in [1.54, 1.807) is 24.8 Å². The van der Waals surface area contributed by atoms with E-state index in [1.165, 1.54) is 0 Å². The van der Waals surface area contributed by atoms with Crippen LogP contribution in [0.1, 0.15) is 28.9 Å². The lowest BCUT2D eigenvalue weighted by Gasteiger charge is -2.14. The van der Waals surface area contributed by atoms with Gasteiger partial charge in [-0.25, -0.2) is 4.98 Å². The van der Waals surface area contributed by atoms with Gasteiger partial charge in [0, 0.05) is 30.7 Å². The molecule has 6 nitrogen and oxygen atoms in total. The van der Waals surface area contributed by atoms with E-state index in [-0.39, 0.29) is 5.91 Å². The normalized spacial score (nSPS) is 13.3. The summed E-state index contributed by atoms with van der Waals surface area (Å²) >= 11 is 0. The molecule has 1 aliphatic heterocycles. The molecular weight excluding hydrogens is 302 g/mol. The molecule has 0 atom stereocenters. The molecule has 0 spiro atoms. The Balaban J connectivity index is 1.57. The lowest BCUT2D eigenvalue weighted by molar-refractivity contribution is 0.102. The predicted octanol–water partition coefficient (Wildman–Crippen LogP) is 2.93. The molecule has 1 aliphatic rings. The van der Waals surface area contributed by atoms with Crippen molar-refractivity contribution < 1.29 is 4.79 Å². The van der Waals surface area contributed by atoms with E-state index in [1.807, 2.05) is 28.9 Å². The smallest absolute Gasteiger partial charge is 0.260 e. The highest BCUT2D eigenvalue weighted by Crippen LogP contribution is 2.22. The van der Waals surface area contributed by atoms with Gasteiger partial charge in [-0.1, -0.05) is 6.07 Å². The quantitative estimate of drug-likeness (QED) is 0.805. The van der Waals surface area contributed by atoms with Crippen LogP contribution < -0.4 is 5.32 Å². The number of amides is 1. The average molecular weight is 319 g/mol. The van der Waals surface area contributed by atoms with Gasteiger partial charge in [0.15, 0.2) is 0 Å². The fourth-order valence-corrected chi connectivity index (χ4v) is 3.01. The minimum Gasteiger partial charge on any atom is -0.306 e. The summed E-state index contributed by atoms with van der Waals surface area (Å²) in [6.45, 7) is 0.886. The van der Waals surface area contributed by atoms with E-state index < -0.39 is 0 Å². The molecule has 24 heavy (non-hydrogen) atoms. The lowest BCUT2D eigenvalue weighted by atomic mass is 10.1. The monoisotopic (exact) mass is 319 g/mol. The molecule has 0 radical (unpaired) electrons. The Kier molecular flexibility index (Phi) is 3.78. The van der Waals surface area contributed by atoms with Crippen molar-refractivity contribution in [1.82, 2.24) is 19.7 Å². The van der Waals surface area contributed by atoms with E-state index >= 15 is 0 Å². The molecule has 0 aromatic carbocycles. The molecule has 0 aliphatic carbocycles. The Morgan fingerprint density at radius 2 is 2.08 bits per heavy atom. The summed E-state index contributed by atoms with van der Waals surface area (Å²) in [5.41, 5.74) is 3.61. The van der Waals surface area contributed by atoms with Gasteiger partial charge in [0.1, 0.15) is 5.82 Å². The first-order valence-electron chi connectivity index (χ1n) is 8.04. The molecule has 4 rings (SSSR count). The van der Waals surface area contributed by atoms with Crippen LogP contribution in [0.25, 0.3) is 11.1 Å². The number of pyridine rings is 2. The number of carbonyl (C=O) groups is 1. The summed E-state index contributed by atoms with van der Waals surface area (Å²) in [6, 6.07) is 7.61. The number of aromatic nitrogens is 4. The van der Waals surface area contributed by atoms with Gasteiger partial charge in [0.2, 0.25) is 0 Å². The molecule has 0 saturated carbocycles. The van der Waals surface area contributed by atoms with E-state index in [0.717, 1.165) is 42.6 Å². The van der Waals surface area contributed by atoms with Crippen molar-refractivity contribution in [2.45, 2.75) is 25.8 Å². The number of hydrogen-bond acceptors (Lipinski definition) is 4. The maximum absolute atomic E-state index is 12.6. The average Bonchev–Trinajstić information content (AvgIpc) is 3.07. The summed E-state index contributed by atoms with van der Waals surface area (Å²) in [6.07, 6.45) is 9.97. The highest BCUT2D eigenvalue weighted by atomic mass is 16.1. The Labute approximate surface area is 139 Å². The number of nitrogens with zero attached hydrogens (tertiary/aromatic N) is 4. The molecule has 1 N–H and O–H groups in total. The fourth-order valence-electron chi connectivity index (χ4n) is 3.01. The molecule has 0 unspecified atom stereocenters. The van der Waals surface area contributed by atoms with Gasteiger partial charge < -0.3 is 5.32 Å². The van der Waals surface area contributed by atoms with Gasteiger partial charge in [-0.2, -0.15) is 5.10 Å². The van der Waals surface area contributed by atoms with Crippen molar-refractivity contribution in [1.29, 1.82) is 0 Å². The lowest BCUT2D eigenvalue weighted by Crippen LogP contribution is -2.18. The third-order valence-electron chi connectivity index (χ3n) is 4.22.